The fraction of sp³-hybridized carbons (Fsp3) is 0.312. The van der Waals surface area contributed by atoms with Crippen molar-refractivity contribution in [1.82, 2.24) is 9.80 Å². The number of benzene rings is 3. The van der Waals surface area contributed by atoms with Crippen LogP contribution < -0.4 is 18.9 Å². The van der Waals surface area contributed by atoms with Gasteiger partial charge in [0.15, 0.2) is 11.5 Å². The molecule has 3 aromatic carbocycles. The van der Waals surface area contributed by atoms with E-state index >= 15 is 0 Å². The maximum Gasteiger partial charge on any atom is 0.254 e. The molecule has 1 saturated heterocycles. The number of ether oxygens (including phenoxy) is 4. The molecule has 0 aliphatic carbocycles. The summed E-state index contributed by atoms with van der Waals surface area (Å²) < 4.78 is 21.9. The Morgan fingerprint density at radius 2 is 1.36 bits per heavy atom. The lowest BCUT2D eigenvalue weighted by molar-refractivity contribution is -0.127. The summed E-state index contributed by atoms with van der Waals surface area (Å²) in [4.78, 5) is 30.3. The monoisotopic (exact) mass is 612 g/mol. The van der Waals surface area contributed by atoms with Crippen molar-refractivity contribution >= 4 is 40.6 Å². The summed E-state index contributed by atoms with van der Waals surface area (Å²) in [6.07, 6.45) is 2.52. The molecule has 3 aromatic rings. The Morgan fingerprint density at radius 3 is 1.90 bits per heavy atom. The zero-order valence-electron chi connectivity index (χ0n) is 24.1. The van der Waals surface area contributed by atoms with Gasteiger partial charge < -0.3 is 28.7 Å². The fourth-order valence-corrected chi connectivity index (χ4v) is 4.98. The fourth-order valence-electron chi connectivity index (χ4n) is 4.68. The molecule has 0 atom stereocenters. The molecule has 222 valence electrons. The predicted octanol–water partition coefficient (Wildman–Crippen LogP) is 6.22. The number of amides is 2. The highest BCUT2D eigenvalue weighted by Crippen LogP contribution is 2.38. The number of hydrogen-bond donors (Lipinski definition) is 0. The van der Waals surface area contributed by atoms with E-state index in [1.54, 1.807) is 40.1 Å². The van der Waals surface area contributed by atoms with Crippen LogP contribution in [0.25, 0.3) is 5.57 Å². The molecule has 1 aliphatic heterocycles. The Bertz CT molecular complexity index is 1420. The molecule has 1 aliphatic rings. The van der Waals surface area contributed by atoms with E-state index in [4.69, 9.17) is 42.1 Å². The van der Waals surface area contributed by atoms with Gasteiger partial charge >= 0.3 is 0 Å². The van der Waals surface area contributed by atoms with Gasteiger partial charge in [0.25, 0.3) is 5.91 Å². The van der Waals surface area contributed by atoms with Crippen molar-refractivity contribution in [3.8, 4) is 23.0 Å². The first-order chi connectivity index (χ1) is 20.3. The van der Waals surface area contributed by atoms with Crippen LogP contribution in [-0.2, 0) is 4.79 Å². The van der Waals surface area contributed by atoms with E-state index in [1.165, 1.54) is 21.3 Å². The van der Waals surface area contributed by atoms with E-state index in [2.05, 4.69) is 0 Å². The molecule has 4 rings (SSSR count). The van der Waals surface area contributed by atoms with Gasteiger partial charge in [-0.2, -0.15) is 0 Å². The molecule has 42 heavy (non-hydrogen) atoms. The standard InChI is InChI=1S/C32H34Cl2N2O6/c1-5-16-42-24-9-6-21(7-10-24)25(22-8-11-26(33)27(34)17-22)20-30(37)35-12-14-36(15-13-35)32(38)23-18-28(39-2)31(41-4)29(19-23)40-3/h6-11,17-20H,5,12-16H2,1-4H3/b25-20+. The number of piperazine rings is 1. The number of carbonyl (C=O) groups is 2. The smallest absolute Gasteiger partial charge is 0.254 e. The zero-order chi connectivity index (χ0) is 30.2. The molecule has 1 heterocycles. The second-order valence-corrected chi connectivity index (χ2v) is 10.4. The Kier molecular flexibility index (Phi) is 10.6. The highest BCUT2D eigenvalue weighted by Gasteiger charge is 2.26. The van der Waals surface area contributed by atoms with Gasteiger partial charge in [-0.15, -0.1) is 0 Å². The minimum absolute atomic E-state index is 0.165. The maximum absolute atomic E-state index is 13.5. The molecular formula is C32H34Cl2N2O6. The van der Waals surface area contributed by atoms with Crippen molar-refractivity contribution in [2.24, 2.45) is 0 Å². The lowest BCUT2D eigenvalue weighted by atomic mass is 9.97. The summed E-state index contributed by atoms with van der Waals surface area (Å²) in [6.45, 7) is 4.19. The summed E-state index contributed by atoms with van der Waals surface area (Å²) in [5.41, 5.74) is 2.71. The van der Waals surface area contributed by atoms with Crippen molar-refractivity contribution < 1.29 is 28.5 Å². The van der Waals surface area contributed by atoms with Gasteiger partial charge in [0, 0.05) is 37.8 Å². The molecule has 10 heteroatoms. The van der Waals surface area contributed by atoms with Gasteiger partial charge in [0.2, 0.25) is 11.7 Å². The summed E-state index contributed by atoms with van der Waals surface area (Å²) in [7, 11) is 4.52. The van der Waals surface area contributed by atoms with Gasteiger partial charge in [0.05, 0.1) is 38.0 Å². The average Bonchev–Trinajstić information content (AvgIpc) is 3.03. The van der Waals surface area contributed by atoms with Crippen molar-refractivity contribution in [3.05, 3.63) is 87.4 Å². The predicted molar refractivity (Wildman–Crippen MR) is 164 cm³/mol. The second kappa shape index (κ2) is 14.3. The van der Waals surface area contributed by atoms with Gasteiger partial charge in [-0.1, -0.05) is 48.3 Å². The van der Waals surface area contributed by atoms with E-state index in [-0.39, 0.29) is 11.8 Å². The van der Waals surface area contributed by atoms with Gasteiger partial charge in [-0.3, -0.25) is 9.59 Å². The van der Waals surface area contributed by atoms with Gasteiger partial charge in [0.1, 0.15) is 5.75 Å². The molecule has 2 amide bonds. The first kappa shape index (κ1) is 31.1. The van der Waals surface area contributed by atoms with Crippen molar-refractivity contribution in [3.63, 3.8) is 0 Å². The lowest BCUT2D eigenvalue weighted by Gasteiger charge is -2.34. The molecule has 0 N–H and O–H groups in total. The lowest BCUT2D eigenvalue weighted by Crippen LogP contribution is -2.50. The van der Waals surface area contributed by atoms with Gasteiger partial charge in [-0.25, -0.2) is 0 Å². The van der Waals surface area contributed by atoms with Crippen LogP contribution in [-0.4, -0.2) is 75.7 Å². The van der Waals surface area contributed by atoms with Crippen molar-refractivity contribution in [2.45, 2.75) is 13.3 Å². The number of nitrogens with zero attached hydrogens (tertiary/aromatic N) is 2. The Balaban J connectivity index is 1.53. The summed E-state index contributed by atoms with van der Waals surface area (Å²) in [5, 5.41) is 0.830. The molecule has 0 unspecified atom stereocenters. The molecule has 0 bridgehead atoms. The zero-order valence-corrected chi connectivity index (χ0v) is 25.6. The van der Waals surface area contributed by atoms with Crippen LogP contribution in [0.1, 0.15) is 34.8 Å². The first-order valence-electron chi connectivity index (χ1n) is 13.6. The maximum atomic E-state index is 13.5. The number of rotatable bonds is 10. The third-order valence-electron chi connectivity index (χ3n) is 6.93. The topological polar surface area (TPSA) is 77.5 Å². The largest absolute Gasteiger partial charge is 0.494 e. The number of halogens is 2. The third kappa shape index (κ3) is 7.12. The number of hydrogen-bond acceptors (Lipinski definition) is 6. The molecule has 8 nitrogen and oxygen atoms in total. The summed E-state index contributed by atoms with van der Waals surface area (Å²) in [5.74, 6) is 1.63. The van der Waals surface area contributed by atoms with E-state index < -0.39 is 0 Å². The SMILES string of the molecule is CCCOc1ccc(/C(=C\C(=O)N2CCN(C(=O)c3cc(OC)c(OC)c(OC)c3)CC2)c2ccc(Cl)c(Cl)c2)cc1. The molecule has 1 fully saturated rings. The van der Waals surface area contributed by atoms with E-state index in [0.29, 0.717) is 71.2 Å². The van der Waals surface area contributed by atoms with Crippen LogP contribution in [0.3, 0.4) is 0 Å². The number of carbonyl (C=O) groups excluding carboxylic acids is 2. The normalized spacial score (nSPS) is 13.5. The summed E-state index contributed by atoms with van der Waals surface area (Å²) >= 11 is 12.5. The van der Waals surface area contributed by atoms with Crippen LogP contribution in [0.2, 0.25) is 10.0 Å². The highest BCUT2D eigenvalue weighted by atomic mass is 35.5. The van der Waals surface area contributed by atoms with E-state index in [9.17, 15) is 9.59 Å². The Hall–Kier alpha value is -3.88. The Labute approximate surface area is 256 Å². The molecular weight excluding hydrogens is 579 g/mol. The first-order valence-corrected chi connectivity index (χ1v) is 14.3. The van der Waals surface area contributed by atoms with Crippen LogP contribution in [0, 0.1) is 0 Å². The molecule has 0 aromatic heterocycles. The van der Waals surface area contributed by atoms with Crippen molar-refractivity contribution in [2.75, 3.05) is 54.1 Å². The average molecular weight is 614 g/mol. The highest BCUT2D eigenvalue weighted by molar-refractivity contribution is 6.42. The van der Waals surface area contributed by atoms with E-state index in [1.807, 2.05) is 37.3 Å². The second-order valence-electron chi connectivity index (χ2n) is 9.59. The van der Waals surface area contributed by atoms with E-state index in [0.717, 1.165) is 23.3 Å². The van der Waals surface area contributed by atoms with Crippen LogP contribution in [0.4, 0.5) is 0 Å². The summed E-state index contributed by atoms with van der Waals surface area (Å²) in [6, 6.07) is 16.2. The van der Waals surface area contributed by atoms with Crippen molar-refractivity contribution in [1.29, 1.82) is 0 Å². The molecule has 0 radical (unpaired) electrons. The number of methoxy groups -OCH3 is 3. The van der Waals surface area contributed by atoms with Crippen LogP contribution in [0.15, 0.2) is 60.7 Å². The molecule has 0 saturated carbocycles. The van der Waals surface area contributed by atoms with Crippen LogP contribution in [0.5, 0.6) is 23.0 Å². The van der Waals surface area contributed by atoms with Gasteiger partial charge in [-0.05, 0) is 59.5 Å². The van der Waals surface area contributed by atoms with Crippen LogP contribution >= 0.6 is 23.2 Å². The minimum atomic E-state index is -0.182. The quantitative estimate of drug-likeness (QED) is 0.253. The Morgan fingerprint density at radius 1 is 0.762 bits per heavy atom. The minimum Gasteiger partial charge on any atom is -0.494 e. The third-order valence-corrected chi connectivity index (χ3v) is 7.67. The molecule has 0 spiro atoms.